The molecule has 2 fully saturated rings. The lowest BCUT2D eigenvalue weighted by atomic mass is 9.82. The highest BCUT2D eigenvalue weighted by Gasteiger charge is 2.48. The quantitative estimate of drug-likeness (QED) is 0.0615. The molecule has 4 amide bonds. The first-order chi connectivity index (χ1) is 22.5. The Bertz CT molecular complexity index is 993. The van der Waals surface area contributed by atoms with E-state index in [1.165, 1.54) is 70.6 Å². The summed E-state index contributed by atoms with van der Waals surface area (Å²) in [6.07, 6.45) is 24.1. The lowest BCUT2D eigenvalue weighted by molar-refractivity contribution is -0.147. The van der Waals surface area contributed by atoms with Crippen molar-refractivity contribution >= 4 is 23.6 Å². The fourth-order valence-corrected chi connectivity index (χ4v) is 7.26. The summed E-state index contributed by atoms with van der Waals surface area (Å²) >= 11 is 0. The molecule has 0 aliphatic carbocycles. The molecule has 0 radical (unpaired) electrons. The van der Waals surface area contributed by atoms with Crippen LogP contribution >= 0.6 is 0 Å². The topological polar surface area (TPSA) is 108 Å². The number of carbonyl (C=O) groups is 4. The fourth-order valence-electron chi connectivity index (χ4n) is 7.26. The first kappa shape index (κ1) is 40.8. The molecule has 2 saturated heterocycles. The number of rotatable bonds is 22. The molecule has 2 heterocycles. The fraction of sp³-hybridized carbons (Fsp3) is 0.846. The van der Waals surface area contributed by atoms with Crippen molar-refractivity contribution in [3.05, 3.63) is 11.6 Å². The third-order valence-electron chi connectivity index (χ3n) is 10.1. The average Bonchev–Trinajstić information content (AvgIpc) is 3.34. The molecule has 0 bridgehead atoms. The van der Waals surface area contributed by atoms with Crippen molar-refractivity contribution in [1.29, 1.82) is 0 Å². The largest absolute Gasteiger partial charge is 0.356 e. The van der Waals surface area contributed by atoms with Crippen LogP contribution in [0.5, 0.6) is 0 Å². The second-order valence-electron chi connectivity index (χ2n) is 15.2. The van der Waals surface area contributed by atoms with Crippen molar-refractivity contribution in [2.45, 2.75) is 201 Å². The maximum absolute atomic E-state index is 14.5. The van der Waals surface area contributed by atoms with Gasteiger partial charge < -0.3 is 16.0 Å². The molecule has 0 spiro atoms. The van der Waals surface area contributed by atoms with Crippen LogP contribution in [0.3, 0.4) is 0 Å². The summed E-state index contributed by atoms with van der Waals surface area (Å²) in [5.41, 5.74) is -0.827. The first-order valence-electron chi connectivity index (χ1n) is 19.4. The Morgan fingerprint density at radius 1 is 0.872 bits per heavy atom. The van der Waals surface area contributed by atoms with Crippen LogP contribution in [-0.4, -0.2) is 46.9 Å². The Morgan fingerprint density at radius 3 is 2.15 bits per heavy atom. The van der Waals surface area contributed by atoms with E-state index in [0.29, 0.717) is 44.2 Å². The molecule has 47 heavy (non-hydrogen) atoms. The monoisotopic (exact) mass is 659 g/mol. The van der Waals surface area contributed by atoms with Crippen LogP contribution in [0, 0.1) is 5.41 Å². The molecule has 8 heteroatoms. The van der Waals surface area contributed by atoms with E-state index in [1.54, 1.807) is 4.90 Å². The lowest BCUT2D eigenvalue weighted by Crippen LogP contribution is -2.69. The Hall–Kier alpha value is -2.38. The summed E-state index contributed by atoms with van der Waals surface area (Å²) in [7, 11) is 0. The molecule has 3 N–H and O–H groups in total. The van der Waals surface area contributed by atoms with Gasteiger partial charge in [0.1, 0.15) is 11.8 Å². The Morgan fingerprint density at radius 2 is 1.49 bits per heavy atom. The molecule has 8 nitrogen and oxygen atoms in total. The number of nitrogens with one attached hydrogen (secondary N) is 3. The van der Waals surface area contributed by atoms with Crippen LogP contribution in [0.15, 0.2) is 11.6 Å². The molecule has 2 atom stereocenters. The van der Waals surface area contributed by atoms with Gasteiger partial charge >= 0.3 is 0 Å². The number of hydrogen-bond acceptors (Lipinski definition) is 4. The van der Waals surface area contributed by atoms with Gasteiger partial charge in [-0.05, 0) is 63.7 Å². The molecule has 0 aromatic carbocycles. The first-order valence-corrected chi connectivity index (χ1v) is 19.4. The van der Waals surface area contributed by atoms with Gasteiger partial charge in [0.2, 0.25) is 17.7 Å². The van der Waals surface area contributed by atoms with Gasteiger partial charge in [-0.2, -0.15) is 0 Å². The van der Waals surface area contributed by atoms with Crippen molar-refractivity contribution in [2.75, 3.05) is 6.54 Å². The van der Waals surface area contributed by atoms with E-state index >= 15 is 0 Å². The van der Waals surface area contributed by atoms with Crippen LogP contribution in [0.25, 0.3) is 0 Å². The predicted octanol–water partition coefficient (Wildman–Crippen LogP) is 8.59. The molecule has 0 aromatic rings. The van der Waals surface area contributed by atoms with Crippen LogP contribution in [0.2, 0.25) is 0 Å². The highest BCUT2D eigenvalue weighted by Crippen LogP contribution is 2.33. The molecule has 2 aliphatic rings. The van der Waals surface area contributed by atoms with Gasteiger partial charge in [0.25, 0.3) is 5.91 Å². The van der Waals surface area contributed by atoms with Crippen molar-refractivity contribution in [3.8, 4) is 0 Å². The molecule has 0 saturated carbocycles. The van der Waals surface area contributed by atoms with Gasteiger partial charge in [-0.3, -0.25) is 24.1 Å². The zero-order valence-electron chi connectivity index (χ0n) is 30.9. The highest BCUT2D eigenvalue weighted by molar-refractivity contribution is 5.95. The van der Waals surface area contributed by atoms with Crippen LogP contribution in [-0.2, 0) is 19.2 Å². The molecule has 0 aromatic heterocycles. The average molecular weight is 659 g/mol. The summed E-state index contributed by atoms with van der Waals surface area (Å²) in [4.78, 5) is 56.1. The maximum atomic E-state index is 14.5. The SMILES string of the molecule is CCCCCCCCC/C=C(\C)C(=O)N([C@H]1CCCCC(=O)N1)[C@@]1(NC(=O)CC(C)(C)CCCCCCCCC)CCCNC(=O)C1. The Balaban J connectivity index is 2.25. The normalized spacial score (nSPS) is 21.0. The number of allylic oxidation sites excluding steroid dienone is 1. The molecule has 2 aliphatic heterocycles. The van der Waals surface area contributed by atoms with E-state index in [-0.39, 0.29) is 35.5 Å². The molecular formula is C39H70N4O4. The third-order valence-corrected chi connectivity index (χ3v) is 10.1. The van der Waals surface area contributed by atoms with Crippen molar-refractivity contribution in [2.24, 2.45) is 5.41 Å². The number of hydrogen-bond donors (Lipinski definition) is 3. The highest BCUT2D eigenvalue weighted by atomic mass is 16.2. The van der Waals surface area contributed by atoms with Gasteiger partial charge in [0.15, 0.2) is 0 Å². The van der Waals surface area contributed by atoms with Crippen molar-refractivity contribution in [3.63, 3.8) is 0 Å². The van der Waals surface area contributed by atoms with Gasteiger partial charge in [-0.1, -0.05) is 117 Å². The van der Waals surface area contributed by atoms with Crippen molar-refractivity contribution < 1.29 is 19.2 Å². The standard InChI is InChI=1S/C39H70N4O4/c1-6-8-10-12-14-15-17-19-24-32(3)37(47)43(33-25-20-21-26-34(44)41-33)39(28-23-29-40-35(45)31-39)42-36(46)30-38(4,5)27-22-18-16-13-11-9-7-2/h24,33H,6-23,25-31H2,1-5H3,(H,40,45)(H,41,44)(H,42,46)/b32-24+/t33-,39-/m0/s1. The second-order valence-corrected chi connectivity index (χ2v) is 15.2. The van der Waals surface area contributed by atoms with E-state index in [1.807, 2.05) is 13.0 Å². The zero-order valence-corrected chi connectivity index (χ0v) is 30.9. The van der Waals surface area contributed by atoms with E-state index < -0.39 is 11.8 Å². The van der Waals surface area contributed by atoms with Crippen LogP contribution < -0.4 is 16.0 Å². The van der Waals surface area contributed by atoms with Crippen molar-refractivity contribution in [1.82, 2.24) is 20.9 Å². The molecule has 0 unspecified atom stereocenters. The van der Waals surface area contributed by atoms with E-state index in [9.17, 15) is 19.2 Å². The number of amides is 4. The van der Waals surface area contributed by atoms with E-state index in [2.05, 4.69) is 43.6 Å². The third kappa shape index (κ3) is 15.6. The van der Waals surface area contributed by atoms with Crippen LogP contribution in [0.4, 0.5) is 0 Å². The van der Waals surface area contributed by atoms with Gasteiger partial charge in [-0.25, -0.2) is 0 Å². The minimum atomic E-state index is -1.22. The Kier molecular flexibility index (Phi) is 19.3. The van der Waals surface area contributed by atoms with Gasteiger partial charge in [-0.15, -0.1) is 0 Å². The van der Waals surface area contributed by atoms with Crippen LogP contribution in [0.1, 0.15) is 189 Å². The second kappa shape index (κ2) is 22.3. The van der Waals surface area contributed by atoms with Gasteiger partial charge in [0, 0.05) is 25.0 Å². The van der Waals surface area contributed by atoms with E-state index in [4.69, 9.17) is 0 Å². The number of unbranched alkanes of at least 4 members (excludes halogenated alkanes) is 13. The summed E-state index contributed by atoms with van der Waals surface area (Å²) < 4.78 is 0. The summed E-state index contributed by atoms with van der Waals surface area (Å²) in [5.74, 6) is -0.634. The smallest absolute Gasteiger partial charge is 0.252 e. The zero-order chi connectivity index (χ0) is 34.5. The minimum absolute atomic E-state index is 0.0277. The molecule has 270 valence electrons. The summed E-state index contributed by atoms with van der Waals surface area (Å²) in [6.45, 7) is 11.1. The number of carbonyl (C=O) groups excluding carboxylic acids is 4. The van der Waals surface area contributed by atoms with Gasteiger partial charge in [0.05, 0.1) is 6.42 Å². The predicted molar refractivity (Wildman–Crippen MR) is 192 cm³/mol. The summed E-state index contributed by atoms with van der Waals surface area (Å²) in [6, 6.07) is 0. The maximum Gasteiger partial charge on any atom is 0.252 e. The van der Waals surface area contributed by atoms with E-state index in [0.717, 1.165) is 44.9 Å². The molecule has 2 rings (SSSR count). The molecular weight excluding hydrogens is 588 g/mol. The minimum Gasteiger partial charge on any atom is -0.356 e. The number of nitrogens with zero attached hydrogens (tertiary/aromatic N) is 1. The Labute approximate surface area is 287 Å². The summed E-state index contributed by atoms with van der Waals surface area (Å²) in [5, 5.41) is 9.34. The lowest BCUT2D eigenvalue weighted by Gasteiger charge is -2.48.